The Morgan fingerprint density at radius 3 is 2.73 bits per heavy atom. The lowest BCUT2D eigenvalue weighted by molar-refractivity contribution is 0.105. The Hall–Kier alpha value is -1.50. The van der Waals surface area contributed by atoms with Crippen LogP contribution >= 0.6 is 11.6 Å². The maximum absolute atomic E-state index is 11.4. The number of carbonyl (C=O) groups is 1. The van der Waals surface area contributed by atoms with Crippen LogP contribution in [0, 0.1) is 0 Å². The summed E-state index contributed by atoms with van der Waals surface area (Å²) in [7, 11) is 0. The number of amides is 2. The number of urea groups is 1. The zero-order valence-electron chi connectivity index (χ0n) is 13.1. The number of carbonyl (C=O) groups excluding carboxylic acids is 1. The summed E-state index contributed by atoms with van der Waals surface area (Å²) in [6.07, 6.45) is -0.619. The maximum atomic E-state index is 11.4. The van der Waals surface area contributed by atoms with Crippen LogP contribution in [-0.4, -0.2) is 43.0 Å². The first-order chi connectivity index (χ1) is 10.4. The Labute approximate surface area is 136 Å². The van der Waals surface area contributed by atoms with Crippen molar-refractivity contribution in [3.05, 3.63) is 23.2 Å². The molecule has 0 bridgehead atoms. The third-order valence-corrected chi connectivity index (χ3v) is 3.02. The molecule has 0 radical (unpaired) electrons. The van der Waals surface area contributed by atoms with Gasteiger partial charge in [-0.2, -0.15) is 0 Å². The molecule has 0 aromatic heterocycles. The van der Waals surface area contributed by atoms with E-state index in [0.29, 0.717) is 35.6 Å². The van der Waals surface area contributed by atoms with E-state index in [4.69, 9.17) is 16.3 Å². The number of ether oxygens (including phenoxy) is 1. The number of hydrogen-bond donors (Lipinski definition) is 4. The van der Waals surface area contributed by atoms with Crippen molar-refractivity contribution in [1.82, 2.24) is 10.6 Å². The lowest BCUT2D eigenvalue weighted by atomic mass is 10.3. The van der Waals surface area contributed by atoms with Crippen LogP contribution in [0.5, 0.6) is 5.75 Å². The molecule has 0 aliphatic heterocycles. The highest BCUT2D eigenvalue weighted by atomic mass is 35.5. The van der Waals surface area contributed by atoms with E-state index < -0.39 is 6.10 Å². The van der Waals surface area contributed by atoms with E-state index in [2.05, 4.69) is 16.0 Å². The highest BCUT2D eigenvalue weighted by Crippen LogP contribution is 2.27. The molecule has 0 saturated heterocycles. The van der Waals surface area contributed by atoms with E-state index in [0.717, 1.165) is 0 Å². The zero-order chi connectivity index (χ0) is 16.5. The summed E-state index contributed by atoms with van der Waals surface area (Å²) in [5.74, 6) is 0.465. The molecule has 6 nitrogen and oxygen atoms in total. The van der Waals surface area contributed by atoms with Gasteiger partial charge in [-0.1, -0.05) is 25.4 Å². The van der Waals surface area contributed by atoms with E-state index in [1.54, 1.807) is 18.2 Å². The van der Waals surface area contributed by atoms with Gasteiger partial charge < -0.3 is 25.8 Å². The van der Waals surface area contributed by atoms with Crippen molar-refractivity contribution in [3.63, 3.8) is 0 Å². The van der Waals surface area contributed by atoms with Gasteiger partial charge in [-0.15, -0.1) is 0 Å². The molecule has 1 aromatic rings. The molecule has 1 rings (SSSR count). The number of benzene rings is 1. The Morgan fingerprint density at radius 1 is 1.41 bits per heavy atom. The molecular weight excluding hydrogens is 306 g/mol. The van der Waals surface area contributed by atoms with Crippen molar-refractivity contribution in [3.8, 4) is 5.75 Å². The molecule has 7 heteroatoms. The van der Waals surface area contributed by atoms with Crippen molar-refractivity contribution in [1.29, 1.82) is 0 Å². The van der Waals surface area contributed by atoms with Gasteiger partial charge in [-0.3, -0.25) is 0 Å². The molecule has 1 aromatic carbocycles. The van der Waals surface area contributed by atoms with Crippen LogP contribution in [0.1, 0.15) is 20.8 Å². The van der Waals surface area contributed by atoms with Crippen LogP contribution in [-0.2, 0) is 0 Å². The third-order valence-electron chi connectivity index (χ3n) is 2.72. The molecule has 22 heavy (non-hydrogen) atoms. The monoisotopic (exact) mass is 329 g/mol. The maximum Gasteiger partial charge on any atom is 0.319 e. The van der Waals surface area contributed by atoms with Crippen molar-refractivity contribution in [2.45, 2.75) is 32.9 Å². The number of halogens is 1. The Bertz CT molecular complexity index is 483. The number of aliphatic hydroxyl groups excluding tert-OH is 1. The van der Waals surface area contributed by atoms with Gasteiger partial charge in [-0.05, 0) is 25.1 Å². The quantitative estimate of drug-likeness (QED) is 0.589. The van der Waals surface area contributed by atoms with Crippen molar-refractivity contribution < 1.29 is 14.6 Å². The fourth-order valence-electron chi connectivity index (χ4n) is 1.65. The predicted molar refractivity (Wildman–Crippen MR) is 88.8 cm³/mol. The van der Waals surface area contributed by atoms with Gasteiger partial charge in [0.05, 0.1) is 5.02 Å². The summed E-state index contributed by atoms with van der Waals surface area (Å²) in [6, 6.07) is 4.97. The second kappa shape index (κ2) is 9.50. The van der Waals surface area contributed by atoms with Gasteiger partial charge in [0.1, 0.15) is 18.5 Å². The van der Waals surface area contributed by atoms with Gasteiger partial charge in [-0.25, -0.2) is 4.79 Å². The molecule has 0 unspecified atom stereocenters. The number of aliphatic hydroxyl groups is 1. The van der Waals surface area contributed by atoms with Crippen LogP contribution in [0.4, 0.5) is 10.5 Å². The largest absolute Gasteiger partial charge is 0.489 e. The highest BCUT2D eigenvalue weighted by Gasteiger charge is 2.09. The summed E-state index contributed by atoms with van der Waals surface area (Å²) < 4.78 is 5.49. The molecule has 0 aliphatic carbocycles. The van der Waals surface area contributed by atoms with Gasteiger partial charge >= 0.3 is 6.03 Å². The minimum absolute atomic E-state index is 0.141. The van der Waals surface area contributed by atoms with Gasteiger partial charge in [0, 0.05) is 24.8 Å². The van der Waals surface area contributed by atoms with E-state index >= 15 is 0 Å². The second-order valence-corrected chi connectivity index (χ2v) is 5.56. The second-order valence-electron chi connectivity index (χ2n) is 5.16. The highest BCUT2D eigenvalue weighted by molar-refractivity contribution is 6.32. The molecular formula is C15H24ClN3O3. The number of nitrogens with one attached hydrogen (secondary N) is 3. The Morgan fingerprint density at radius 2 is 2.14 bits per heavy atom. The van der Waals surface area contributed by atoms with Crippen molar-refractivity contribution in [2.24, 2.45) is 0 Å². The van der Waals surface area contributed by atoms with Gasteiger partial charge in [0.2, 0.25) is 0 Å². The van der Waals surface area contributed by atoms with Crippen LogP contribution in [0.2, 0.25) is 5.02 Å². The van der Waals surface area contributed by atoms with Gasteiger partial charge in [0.15, 0.2) is 0 Å². The Kier molecular flexibility index (Phi) is 8.01. The fourth-order valence-corrected chi connectivity index (χ4v) is 1.88. The van der Waals surface area contributed by atoms with E-state index in [-0.39, 0.29) is 12.6 Å². The summed E-state index contributed by atoms with van der Waals surface area (Å²) in [4.78, 5) is 11.4. The average molecular weight is 330 g/mol. The van der Waals surface area contributed by atoms with Crippen molar-refractivity contribution >= 4 is 23.3 Å². The van der Waals surface area contributed by atoms with Crippen LogP contribution in [0.3, 0.4) is 0 Å². The van der Waals surface area contributed by atoms with E-state index in [1.807, 2.05) is 20.8 Å². The van der Waals surface area contributed by atoms with Crippen LogP contribution in [0.25, 0.3) is 0 Å². The SMILES string of the molecule is CCNC(=O)Nc1ccc(OC[C@H](O)CNC(C)C)c(Cl)c1. The molecule has 1 atom stereocenters. The lowest BCUT2D eigenvalue weighted by Crippen LogP contribution is -2.35. The molecule has 4 N–H and O–H groups in total. The smallest absolute Gasteiger partial charge is 0.319 e. The first kappa shape index (κ1) is 18.5. The first-order valence-electron chi connectivity index (χ1n) is 7.31. The van der Waals surface area contributed by atoms with E-state index in [1.165, 1.54) is 0 Å². The molecule has 0 spiro atoms. The van der Waals surface area contributed by atoms with Crippen LogP contribution in [0.15, 0.2) is 18.2 Å². The van der Waals surface area contributed by atoms with E-state index in [9.17, 15) is 9.90 Å². The molecule has 2 amide bonds. The van der Waals surface area contributed by atoms with Gasteiger partial charge in [0.25, 0.3) is 0 Å². The number of anilines is 1. The van der Waals surface area contributed by atoms with Crippen molar-refractivity contribution in [2.75, 3.05) is 25.0 Å². The zero-order valence-corrected chi connectivity index (χ0v) is 13.9. The van der Waals surface area contributed by atoms with Crippen LogP contribution < -0.4 is 20.7 Å². The number of hydrogen-bond acceptors (Lipinski definition) is 4. The Balaban J connectivity index is 2.50. The molecule has 0 heterocycles. The molecule has 0 aliphatic rings. The number of rotatable bonds is 8. The predicted octanol–water partition coefficient (Wildman–Crippen LogP) is 2.22. The standard InChI is InChI=1S/C15H24ClN3O3/c1-4-17-15(21)19-11-5-6-14(13(16)7-11)22-9-12(20)8-18-10(2)3/h5-7,10,12,18,20H,4,8-9H2,1-3H3,(H2,17,19,21)/t12-/m1/s1. The summed E-state index contributed by atoms with van der Waals surface area (Å²) in [5, 5.41) is 18.6. The topological polar surface area (TPSA) is 82.6 Å². The summed E-state index contributed by atoms with van der Waals surface area (Å²) in [6.45, 7) is 6.98. The fraction of sp³-hybridized carbons (Fsp3) is 0.533. The lowest BCUT2D eigenvalue weighted by Gasteiger charge is -2.16. The normalized spacial score (nSPS) is 12.1. The minimum atomic E-state index is -0.619. The third kappa shape index (κ3) is 6.98. The summed E-state index contributed by atoms with van der Waals surface area (Å²) in [5.41, 5.74) is 0.574. The first-order valence-corrected chi connectivity index (χ1v) is 7.68. The molecule has 0 fully saturated rings. The molecule has 124 valence electrons. The average Bonchev–Trinajstić information content (AvgIpc) is 2.44. The summed E-state index contributed by atoms with van der Waals surface area (Å²) >= 11 is 6.11. The minimum Gasteiger partial charge on any atom is -0.489 e. The molecule has 0 saturated carbocycles.